The molecule has 1 atom stereocenters. The van der Waals surface area contributed by atoms with E-state index in [4.69, 9.17) is 0 Å². The summed E-state index contributed by atoms with van der Waals surface area (Å²) in [4.78, 5) is 0. The number of piperidine rings is 1. The maximum atomic E-state index is 9.64. The Kier molecular flexibility index (Phi) is 2.97. The van der Waals surface area contributed by atoms with Crippen molar-refractivity contribution in [3.63, 3.8) is 0 Å². The summed E-state index contributed by atoms with van der Waals surface area (Å²) in [6, 6.07) is 11.0. The van der Waals surface area contributed by atoms with Crippen LogP contribution in [0.15, 0.2) is 24.3 Å². The Hall–Kier alpha value is -1.33. The van der Waals surface area contributed by atoms with Gasteiger partial charge in [0.15, 0.2) is 0 Å². The average molecular weight is 228 g/mol. The lowest BCUT2D eigenvalue weighted by Gasteiger charge is -2.42. The highest BCUT2D eigenvalue weighted by Gasteiger charge is 2.41. The normalized spacial score (nSPS) is 27.4. The summed E-state index contributed by atoms with van der Waals surface area (Å²) >= 11 is 0. The molecule has 0 amide bonds. The highest BCUT2D eigenvalue weighted by Crippen LogP contribution is 2.38. The van der Waals surface area contributed by atoms with E-state index in [0.29, 0.717) is 0 Å². The highest BCUT2D eigenvalue weighted by molar-refractivity contribution is 5.36. The van der Waals surface area contributed by atoms with Crippen LogP contribution in [0.25, 0.3) is 0 Å². The molecule has 1 heterocycles. The number of aryl methyl sites for hydroxylation is 1. The number of benzene rings is 1. The lowest BCUT2D eigenvalue weighted by atomic mass is 9.68. The van der Waals surface area contributed by atoms with E-state index in [1.54, 1.807) is 0 Å². The first-order chi connectivity index (χ1) is 7.97. The van der Waals surface area contributed by atoms with Gasteiger partial charge in [0.2, 0.25) is 0 Å². The number of nitrogens with one attached hydrogen (secondary N) is 1. The average Bonchev–Trinajstić information content (AvgIpc) is 2.27. The molecule has 17 heavy (non-hydrogen) atoms. The molecule has 1 saturated heterocycles. The Balaban J connectivity index is 2.42. The summed E-state index contributed by atoms with van der Waals surface area (Å²) in [6.45, 7) is 7.34. The number of hydrogen-bond acceptors (Lipinski definition) is 2. The van der Waals surface area contributed by atoms with Gasteiger partial charge in [-0.1, -0.05) is 29.8 Å². The van der Waals surface area contributed by atoms with Gasteiger partial charge in [0.05, 0.1) is 11.5 Å². The number of nitriles is 1. The Morgan fingerprint density at radius 2 is 2.12 bits per heavy atom. The summed E-state index contributed by atoms with van der Waals surface area (Å²) in [5.74, 6) is 0. The van der Waals surface area contributed by atoms with E-state index >= 15 is 0 Å². The largest absolute Gasteiger partial charge is 0.312 e. The fraction of sp³-hybridized carbons (Fsp3) is 0.533. The first kappa shape index (κ1) is 12.1. The minimum absolute atomic E-state index is 0.0394. The predicted octanol–water partition coefficient (Wildman–Crippen LogP) is 2.92. The third-order valence-corrected chi connectivity index (χ3v) is 3.68. The second-order valence-electron chi connectivity index (χ2n) is 5.80. The Labute approximate surface area is 104 Å². The van der Waals surface area contributed by atoms with E-state index in [0.717, 1.165) is 19.4 Å². The van der Waals surface area contributed by atoms with Crippen LogP contribution in [0.2, 0.25) is 0 Å². The van der Waals surface area contributed by atoms with Crippen LogP contribution in [0.5, 0.6) is 0 Å². The maximum Gasteiger partial charge on any atom is 0.0851 e. The molecule has 1 aliphatic heterocycles. The van der Waals surface area contributed by atoms with Crippen molar-refractivity contribution >= 4 is 0 Å². The van der Waals surface area contributed by atoms with Gasteiger partial charge in [-0.25, -0.2) is 0 Å². The minimum atomic E-state index is -0.319. The van der Waals surface area contributed by atoms with Crippen LogP contribution >= 0.6 is 0 Å². The van der Waals surface area contributed by atoms with Crippen molar-refractivity contribution in [2.45, 2.75) is 44.6 Å². The van der Waals surface area contributed by atoms with Gasteiger partial charge in [0.1, 0.15) is 0 Å². The smallest absolute Gasteiger partial charge is 0.0851 e. The van der Waals surface area contributed by atoms with Gasteiger partial charge in [-0.3, -0.25) is 0 Å². The van der Waals surface area contributed by atoms with Crippen molar-refractivity contribution < 1.29 is 0 Å². The molecule has 2 rings (SSSR count). The summed E-state index contributed by atoms with van der Waals surface area (Å²) < 4.78 is 0. The van der Waals surface area contributed by atoms with E-state index in [2.05, 4.69) is 56.4 Å². The molecule has 2 heteroatoms. The number of nitrogens with zero attached hydrogens (tertiary/aromatic N) is 1. The maximum absolute atomic E-state index is 9.64. The molecule has 1 aliphatic rings. The van der Waals surface area contributed by atoms with E-state index in [1.165, 1.54) is 11.1 Å². The lowest BCUT2D eigenvalue weighted by molar-refractivity contribution is 0.233. The van der Waals surface area contributed by atoms with Crippen LogP contribution in [-0.2, 0) is 5.41 Å². The van der Waals surface area contributed by atoms with Crippen LogP contribution in [0.4, 0.5) is 0 Å². The van der Waals surface area contributed by atoms with Crippen molar-refractivity contribution in [1.29, 1.82) is 5.26 Å². The summed E-state index contributed by atoms with van der Waals surface area (Å²) in [5.41, 5.74) is 2.13. The molecular formula is C15H20N2. The summed E-state index contributed by atoms with van der Waals surface area (Å²) in [7, 11) is 0. The van der Waals surface area contributed by atoms with Crippen molar-refractivity contribution in [3.05, 3.63) is 35.4 Å². The quantitative estimate of drug-likeness (QED) is 0.802. The van der Waals surface area contributed by atoms with Gasteiger partial charge in [0, 0.05) is 5.54 Å². The van der Waals surface area contributed by atoms with E-state index < -0.39 is 0 Å². The van der Waals surface area contributed by atoms with Crippen LogP contribution in [0, 0.1) is 18.3 Å². The molecule has 1 aromatic carbocycles. The second kappa shape index (κ2) is 4.16. The standard InChI is InChI=1S/C15H20N2/c1-12-5-4-6-13(9-12)15(11-16)7-8-17-14(2,3)10-15/h4-6,9,17H,7-8,10H2,1-3H3. The zero-order valence-corrected chi connectivity index (χ0v) is 10.9. The molecule has 0 bridgehead atoms. The Bertz CT molecular complexity index is 456. The molecular weight excluding hydrogens is 208 g/mol. The molecule has 90 valence electrons. The zero-order chi connectivity index (χ0) is 12.5. The molecule has 0 aliphatic carbocycles. The minimum Gasteiger partial charge on any atom is -0.312 e. The van der Waals surface area contributed by atoms with Gasteiger partial charge >= 0.3 is 0 Å². The number of rotatable bonds is 1. The van der Waals surface area contributed by atoms with Gasteiger partial charge in [0.25, 0.3) is 0 Å². The molecule has 2 nitrogen and oxygen atoms in total. The van der Waals surface area contributed by atoms with Crippen LogP contribution < -0.4 is 5.32 Å². The van der Waals surface area contributed by atoms with E-state index in [-0.39, 0.29) is 11.0 Å². The van der Waals surface area contributed by atoms with Gasteiger partial charge in [-0.2, -0.15) is 5.26 Å². The van der Waals surface area contributed by atoms with E-state index in [1.807, 2.05) is 0 Å². The molecule has 1 fully saturated rings. The molecule has 1 N–H and O–H groups in total. The van der Waals surface area contributed by atoms with Crippen LogP contribution in [0.1, 0.15) is 37.8 Å². The van der Waals surface area contributed by atoms with Crippen molar-refractivity contribution in [1.82, 2.24) is 5.32 Å². The Morgan fingerprint density at radius 3 is 2.71 bits per heavy atom. The second-order valence-corrected chi connectivity index (χ2v) is 5.80. The fourth-order valence-electron chi connectivity index (χ4n) is 2.87. The first-order valence-corrected chi connectivity index (χ1v) is 6.21. The molecule has 1 unspecified atom stereocenters. The van der Waals surface area contributed by atoms with E-state index in [9.17, 15) is 5.26 Å². The summed E-state index contributed by atoms with van der Waals surface area (Å²) in [6.07, 6.45) is 1.77. The molecule has 0 radical (unpaired) electrons. The van der Waals surface area contributed by atoms with Gasteiger partial charge in [-0.15, -0.1) is 0 Å². The monoisotopic (exact) mass is 228 g/mol. The SMILES string of the molecule is Cc1cccc(C2(C#N)CCNC(C)(C)C2)c1. The van der Waals surface area contributed by atoms with Crippen molar-refractivity contribution in [3.8, 4) is 6.07 Å². The Morgan fingerprint density at radius 1 is 1.35 bits per heavy atom. The highest BCUT2D eigenvalue weighted by atomic mass is 15.0. The van der Waals surface area contributed by atoms with Crippen molar-refractivity contribution in [2.75, 3.05) is 6.54 Å². The molecule has 1 aromatic rings. The lowest BCUT2D eigenvalue weighted by Crippen LogP contribution is -2.52. The van der Waals surface area contributed by atoms with Crippen LogP contribution in [0.3, 0.4) is 0 Å². The molecule has 0 saturated carbocycles. The fourth-order valence-corrected chi connectivity index (χ4v) is 2.87. The van der Waals surface area contributed by atoms with Gasteiger partial charge in [-0.05, 0) is 45.7 Å². The molecule has 0 aromatic heterocycles. The topological polar surface area (TPSA) is 35.8 Å². The summed E-state index contributed by atoms with van der Waals surface area (Å²) in [5, 5.41) is 13.1. The molecule has 0 spiro atoms. The third-order valence-electron chi connectivity index (χ3n) is 3.68. The van der Waals surface area contributed by atoms with Crippen molar-refractivity contribution in [2.24, 2.45) is 0 Å². The zero-order valence-electron chi connectivity index (χ0n) is 10.9. The third kappa shape index (κ3) is 2.35. The predicted molar refractivity (Wildman–Crippen MR) is 69.8 cm³/mol. The first-order valence-electron chi connectivity index (χ1n) is 6.21. The number of hydrogen-bond donors (Lipinski definition) is 1. The van der Waals surface area contributed by atoms with Crippen LogP contribution in [-0.4, -0.2) is 12.1 Å². The van der Waals surface area contributed by atoms with Gasteiger partial charge < -0.3 is 5.32 Å².